The van der Waals surface area contributed by atoms with Gasteiger partial charge in [-0.15, -0.1) is 0 Å². The fourth-order valence-electron chi connectivity index (χ4n) is 9.69. The number of Topliss-reactive ketones (excluding diaryl/α,β-unsaturated/α-hetero) is 1. The monoisotopic (exact) mass is 493 g/mol. The van der Waals surface area contributed by atoms with Crippen molar-refractivity contribution in [2.24, 2.45) is 40.4 Å². The molecule has 0 unspecified atom stereocenters. The first-order valence-corrected chi connectivity index (χ1v) is 14.2. The Morgan fingerprint density at radius 1 is 1.11 bits per heavy atom. The van der Waals surface area contributed by atoms with Crippen molar-refractivity contribution in [1.82, 2.24) is 14.8 Å². The number of carbonyl (C=O) groups is 1. The van der Waals surface area contributed by atoms with Gasteiger partial charge in [-0.2, -0.15) is 5.10 Å². The molecule has 0 aromatic carbocycles. The van der Waals surface area contributed by atoms with Crippen molar-refractivity contribution in [3.63, 3.8) is 0 Å². The standard InChI is InChI=1S/C30H43N3O3/c1-19-13-20-16-33(32-26(20)15-31-19)17-27(34)25-8-7-23-22-6-5-21-14-30(35,18-36-4)12-11-28(21,2)24(22)9-10-29(23,25)3/h13,15-16,21-25,35H,5-12,14,17-18H2,1-4H3/t21-,22-,23-,24-,25+,28-,29-,30+/m0/s1. The van der Waals surface area contributed by atoms with Gasteiger partial charge in [-0.25, -0.2) is 0 Å². The minimum Gasteiger partial charge on any atom is -0.387 e. The van der Waals surface area contributed by atoms with Crippen molar-refractivity contribution in [2.45, 2.75) is 90.7 Å². The van der Waals surface area contributed by atoms with Crippen LogP contribution in [-0.4, -0.2) is 45.0 Å². The van der Waals surface area contributed by atoms with E-state index in [0.717, 1.165) is 60.5 Å². The molecular formula is C30H43N3O3. The first-order chi connectivity index (χ1) is 17.1. The van der Waals surface area contributed by atoms with E-state index in [-0.39, 0.29) is 11.3 Å². The number of hydrogen-bond acceptors (Lipinski definition) is 5. The maximum absolute atomic E-state index is 13.7. The zero-order valence-electron chi connectivity index (χ0n) is 22.5. The number of ether oxygens (including phenoxy) is 1. The van der Waals surface area contributed by atoms with E-state index in [0.29, 0.717) is 36.2 Å². The maximum atomic E-state index is 13.7. The highest BCUT2D eigenvalue weighted by Gasteiger charge is 2.62. The van der Waals surface area contributed by atoms with Gasteiger partial charge in [0.1, 0.15) is 5.52 Å². The second kappa shape index (κ2) is 8.62. The van der Waals surface area contributed by atoms with Crippen LogP contribution in [0.5, 0.6) is 0 Å². The Balaban J connectivity index is 1.18. The number of hydrogen-bond donors (Lipinski definition) is 1. The van der Waals surface area contributed by atoms with Crippen molar-refractivity contribution in [2.75, 3.05) is 13.7 Å². The fraction of sp³-hybridized carbons (Fsp3) is 0.767. The van der Waals surface area contributed by atoms with Crippen LogP contribution in [-0.2, 0) is 16.1 Å². The molecule has 0 amide bonds. The summed E-state index contributed by atoms with van der Waals surface area (Å²) in [5.74, 6) is 3.17. The number of rotatable bonds is 5. The summed E-state index contributed by atoms with van der Waals surface area (Å²) in [5.41, 5.74) is 1.61. The van der Waals surface area contributed by atoms with E-state index < -0.39 is 5.60 Å². The van der Waals surface area contributed by atoms with E-state index in [2.05, 4.69) is 23.9 Å². The highest BCUT2D eigenvalue weighted by atomic mass is 16.5. The number of pyridine rings is 1. The van der Waals surface area contributed by atoms with E-state index in [9.17, 15) is 9.90 Å². The van der Waals surface area contributed by atoms with E-state index in [1.54, 1.807) is 13.3 Å². The Morgan fingerprint density at radius 3 is 2.72 bits per heavy atom. The van der Waals surface area contributed by atoms with Crippen LogP contribution >= 0.6 is 0 Å². The quantitative estimate of drug-likeness (QED) is 0.608. The Bertz CT molecular complexity index is 1160. The van der Waals surface area contributed by atoms with Crippen LogP contribution < -0.4 is 0 Å². The molecule has 2 heterocycles. The SMILES string of the molecule is COC[C@@]1(O)CC[C@@]2(C)[C@@H](CC[C@@H]3[C@@H]2CC[C@]2(C)[C@@H](C(=O)Cn4cc5cc(C)ncc5n4)CC[C@@H]32)C1. The number of aliphatic hydroxyl groups is 1. The van der Waals surface area contributed by atoms with Gasteiger partial charge in [-0.3, -0.25) is 14.5 Å². The summed E-state index contributed by atoms with van der Waals surface area (Å²) in [4.78, 5) is 18.0. The van der Waals surface area contributed by atoms with Gasteiger partial charge < -0.3 is 9.84 Å². The molecule has 196 valence electrons. The van der Waals surface area contributed by atoms with Crippen molar-refractivity contribution in [3.8, 4) is 0 Å². The van der Waals surface area contributed by atoms with Gasteiger partial charge >= 0.3 is 0 Å². The average Bonchev–Trinajstić information content (AvgIpc) is 3.39. The van der Waals surface area contributed by atoms with Crippen molar-refractivity contribution < 1.29 is 14.6 Å². The average molecular weight is 494 g/mol. The molecule has 6 heteroatoms. The molecule has 8 atom stereocenters. The van der Waals surface area contributed by atoms with Crippen LogP contribution in [0, 0.1) is 47.3 Å². The minimum atomic E-state index is -0.647. The van der Waals surface area contributed by atoms with E-state index >= 15 is 0 Å². The van der Waals surface area contributed by atoms with Gasteiger partial charge in [0.05, 0.1) is 24.9 Å². The molecule has 4 saturated carbocycles. The van der Waals surface area contributed by atoms with Crippen LogP contribution in [0.25, 0.3) is 10.9 Å². The predicted octanol–water partition coefficient (Wildman–Crippen LogP) is 5.35. The summed E-state index contributed by atoms with van der Waals surface area (Å²) in [7, 11) is 1.70. The molecule has 0 radical (unpaired) electrons. The molecule has 4 aliphatic rings. The largest absolute Gasteiger partial charge is 0.387 e. The summed E-state index contributed by atoms with van der Waals surface area (Å²) in [6.45, 7) is 7.77. The number of fused-ring (bicyclic) bond motifs is 6. The molecule has 0 aliphatic heterocycles. The highest BCUT2D eigenvalue weighted by molar-refractivity contribution is 5.83. The van der Waals surface area contributed by atoms with Gasteiger partial charge in [0, 0.05) is 30.3 Å². The zero-order chi connectivity index (χ0) is 25.3. The molecule has 36 heavy (non-hydrogen) atoms. The second-order valence-electron chi connectivity index (χ2n) is 13.4. The summed E-state index contributed by atoms with van der Waals surface area (Å²) in [6, 6.07) is 2.04. The lowest BCUT2D eigenvalue weighted by Gasteiger charge is -2.62. The van der Waals surface area contributed by atoms with Crippen LogP contribution in [0.3, 0.4) is 0 Å². The molecular weight excluding hydrogens is 450 g/mol. The van der Waals surface area contributed by atoms with Crippen LogP contribution in [0.1, 0.15) is 77.3 Å². The highest BCUT2D eigenvalue weighted by Crippen LogP contribution is 2.68. The lowest BCUT2D eigenvalue weighted by Crippen LogP contribution is -2.56. The number of nitrogens with zero attached hydrogens (tertiary/aromatic N) is 3. The minimum absolute atomic E-state index is 0.109. The van der Waals surface area contributed by atoms with Crippen LogP contribution in [0.4, 0.5) is 0 Å². The van der Waals surface area contributed by atoms with Gasteiger partial charge in [0.2, 0.25) is 0 Å². The number of aromatic nitrogens is 3. The van der Waals surface area contributed by atoms with Crippen molar-refractivity contribution >= 4 is 16.7 Å². The predicted molar refractivity (Wildman–Crippen MR) is 139 cm³/mol. The molecule has 0 saturated heterocycles. The van der Waals surface area contributed by atoms with Gasteiger partial charge in [0.25, 0.3) is 0 Å². The summed E-state index contributed by atoms with van der Waals surface area (Å²) in [5, 5.41) is 16.8. The van der Waals surface area contributed by atoms with Crippen LogP contribution in [0.2, 0.25) is 0 Å². The number of ketones is 1. The third kappa shape index (κ3) is 3.77. The first-order valence-electron chi connectivity index (χ1n) is 14.2. The van der Waals surface area contributed by atoms with E-state index in [1.165, 1.54) is 25.7 Å². The Hall–Kier alpha value is -1.79. The molecule has 0 spiro atoms. The Labute approximate surface area is 215 Å². The Kier molecular flexibility index (Phi) is 5.88. The second-order valence-corrected chi connectivity index (χ2v) is 13.4. The maximum Gasteiger partial charge on any atom is 0.157 e. The summed E-state index contributed by atoms with van der Waals surface area (Å²) >= 11 is 0. The topological polar surface area (TPSA) is 77.2 Å². The Morgan fingerprint density at radius 2 is 1.92 bits per heavy atom. The lowest BCUT2D eigenvalue weighted by molar-refractivity contribution is -0.164. The number of methoxy groups -OCH3 is 1. The number of carbonyl (C=O) groups excluding carboxylic acids is 1. The molecule has 2 aromatic rings. The third-order valence-corrected chi connectivity index (χ3v) is 11.5. The normalized spacial score (nSPS) is 42.1. The zero-order valence-corrected chi connectivity index (χ0v) is 22.5. The lowest BCUT2D eigenvalue weighted by atomic mass is 9.44. The first kappa shape index (κ1) is 24.5. The molecule has 6 rings (SSSR count). The van der Waals surface area contributed by atoms with Crippen molar-refractivity contribution in [3.05, 3.63) is 24.2 Å². The molecule has 0 bridgehead atoms. The molecule has 4 fully saturated rings. The third-order valence-electron chi connectivity index (χ3n) is 11.5. The van der Waals surface area contributed by atoms with Crippen LogP contribution in [0.15, 0.2) is 18.5 Å². The smallest absolute Gasteiger partial charge is 0.157 e. The molecule has 6 nitrogen and oxygen atoms in total. The fourth-order valence-corrected chi connectivity index (χ4v) is 9.69. The van der Waals surface area contributed by atoms with E-state index in [4.69, 9.17) is 4.74 Å². The summed E-state index contributed by atoms with van der Waals surface area (Å²) in [6.07, 6.45) is 13.7. The summed E-state index contributed by atoms with van der Waals surface area (Å²) < 4.78 is 7.22. The van der Waals surface area contributed by atoms with Gasteiger partial charge in [-0.1, -0.05) is 13.8 Å². The van der Waals surface area contributed by atoms with E-state index in [1.807, 2.05) is 23.9 Å². The molecule has 4 aliphatic carbocycles. The van der Waals surface area contributed by atoms with Gasteiger partial charge in [0.15, 0.2) is 5.78 Å². The molecule has 2 aromatic heterocycles. The number of aryl methyl sites for hydroxylation is 1. The van der Waals surface area contributed by atoms with Gasteiger partial charge in [-0.05, 0) is 105 Å². The molecule has 1 N–H and O–H groups in total. The van der Waals surface area contributed by atoms with Crippen molar-refractivity contribution in [1.29, 1.82) is 0 Å².